The number of hydrogen-bond donors (Lipinski definition) is 6. The molecule has 2 heterocycles. The summed E-state index contributed by atoms with van der Waals surface area (Å²) in [5.74, 6) is 0. The lowest BCUT2D eigenvalue weighted by atomic mass is 9.86. The van der Waals surface area contributed by atoms with E-state index in [0.717, 1.165) is 0 Å². The zero-order chi connectivity index (χ0) is 12.7. The highest BCUT2D eigenvalue weighted by Crippen LogP contribution is 2.29. The zero-order valence-corrected chi connectivity index (χ0v) is 9.10. The fourth-order valence-electron chi connectivity index (χ4n) is 2.61. The van der Waals surface area contributed by atoms with Crippen molar-refractivity contribution in [3.05, 3.63) is 0 Å². The Balaban J connectivity index is 2.33. The van der Waals surface area contributed by atoms with Gasteiger partial charge in [0.2, 0.25) is 0 Å². The van der Waals surface area contributed by atoms with Gasteiger partial charge < -0.3 is 36.4 Å². The number of fused-ring (bicyclic) bond motifs is 1. The van der Waals surface area contributed by atoms with Crippen LogP contribution < -0.4 is 11.1 Å². The van der Waals surface area contributed by atoms with Gasteiger partial charge >= 0.3 is 6.03 Å². The molecule has 8 nitrogen and oxygen atoms in total. The molecule has 2 rings (SSSR count). The summed E-state index contributed by atoms with van der Waals surface area (Å²) in [7, 11) is 0. The maximum Gasteiger partial charge on any atom is 0.318 e. The normalized spacial score (nSPS) is 45.7. The summed E-state index contributed by atoms with van der Waals surface area (Å²) < 4.78 is 0. The molecule has 8 heteroatoms. The lowest BCUT2D eigenvalue weighted by Gasteiger charge is -2.45. The standard InChI is InChI=1S/C9H17N3O5/c10-1-3-5-7(15)8(16)6(14)4(2-13)12(5)9(17)11-3/h3-8,13-16H,1-2,10H2,(H,11,17)/t3-,4-,5-,6-,7+,8+/m1/s1. The number of piperidine rings is 1. The van der Waals surface area contributed by atoms with E-state index in [1.54, 1.807) is 0 Å². The molecular formula is C9H17N3O5. The third kappa shape index (κ3) is 1.69. The van der Waals surface area contributed by atoms with Gasteiger partial charge in [-0.05, 0) is 0 Å². The van der Waals surface area contributed by atoms with Crippen LogP contribution in [0.3, 0.4) is 0 Å². The van der Waals surface area contributed by atoms with Crippen molar-refractivity contribution >= 4 is 6.03 Å². The van der Waals surface area contributed by atoms with Gasteiger partial charge in [0, 0.05) is 6.54 Å². The molecule has 0 aliphatic carbocycles. The van der Waals surface area contributed by atoms with Crippen molar-refractivity contribution in [2.24, 2.45) is 5.73 Å². The van der Waals surface area contributed by atoms with E-state index in [2.05, 4.69) is 5.32 Å². The van der Waals surface area contributed by atoms with Crippen LogP contribution in [0.1, 0.15) is 0 Å². The largest absolute Gasteiger partial charge is 0.394 e. The number of nitrogens with zero attached hydrogens (tertiary/aromatic N) is 1. The highest BCUT2D eigenvalue weighted by molar-refractivity contribution is 5.78. The predicted octanol–water partition coefficient (Wildman–Crippen LogP) is -3.84. The number of amides is 2. The number of rotatable bonds is 2. The fourth-order valence-corrected chi connectivity index (χ4v) is 2.61. The van der Waals surface area contributed by atoms with Crippen molar-refractivity contribution in [3.63, 3.8) is 0 Å². The number of carbonyl (C=O) groups is 1. The Morgan fingerprint density at radius 1 is 1.24 bits per heavy atom. The Morgan fingerprint density at radius 2 is 1.88 bits per heavy atom. The molecule has 0 spiro atoms. The number of aliphatic hydroxyl groups is 4. The first-order valence-electron chi connectivity index (χ1n) is 5.47. The van der Waals surface area contributed by atoms with Crippen molar-refractivity contribution in [2.45, 2.75) is 36.4 Å². The maximum absolute atomic E-state index is 11.7. The third-order valence-electron chi connectivity index (χ3n) is 3.52. The van der Waals surface area contributed by atoms with Crippen LogP contribution in [-0.4, -0.2) is 80.9 Å². The SMILES string of the molecule is NC[C@H]1NC(=O)N2[C@H]1[C@H](O)[C@@H](O)[C@H](O)[C@H]2CO. The van der Waals surface area contributed by atoms with E-state index in [1.807, 2.05) is 0 Å². The number of aliphatic hydroxyl groups excluding tert-OH is 4. The van der Waals surface area contributed by atoms with Crippen molar-refractivity contribution in [1.82, 2.24) is 10.2 Å². The first-order valence-corrected chi connectivity index (χ1v) is 5.47. The predicted molar refractivity (Wildman–Crippen MR) is 55.9 cm³/mol. The van der Waals surface area contributed by atoms with Crippen LogP contribution in [0.4, 0.5) is 4.79 Å². The minimum atomic E-state index is -1.41. The van der Waals surface area contributed by atoms with Crippen molar-refractivity contribution in [2.75, 3.05) is 13.2 Å². The smallest absolute Gasteiger partial charge is 0.318 e. The summed E-state index contributed by atoms with van der Waals surface area (Å²) in [6.07, 6.45) is -4.08. The minimum Gasteiger partial charge on any atom is -0.394 e. The lowest BCUT2D eigenvalue weighted by molar-refractivity contribution is -0.152. The second-order valence-corrected chi connectivity index (χ2v) is 4.41. The summed E-state index contributed by atoms with van der Waals surface area (Å²) in [6.45, 7) is -0.392. The van der Waals surface area contributed by atoms with Crippen LogP contribution in [-0.2, 0) is 0 Å². The molecule has 0 aromatic rings. The van der Waals surface area contributed by atoms with Gasteiger partial charge in [0.1, 0.15) is 18.3 Å². The van der Waals surface area contributed by atoms with Crippen LogP contribution in [0.15, 0.2) is 0 Å². The van der Waals surface area contributed by atoms with Gasteiger partial charge in [-0.25, -0.2) is 4.79 Å². The monoisotopic (exact) mass is 247 g/mol. The van der Waals surface area contributed by atoms with Crippen molar-refractivity contribution in [1.29, 1.82) is 0 Å². The summed E-state index contributed by atoms with van der Waals surface area (Å²) in [5, 5.41) is 41.0. The lowest BCUT2D eigenvalue weighted by Crippen LogP contribution is -2.68. The highest BCUT2D eigenvalue weighted by atomic mass is 16.4. The Kier molecular flexibility index (Phi) is 3.23. The molecule has 2 aliphatic rings. The minimum absolute atomic E-state index is 0.102. The fraction of sp³-hybridized carbons (Fsp3) is 0.889. The van der Waals surface area contributed by atoms with Gasteiger partial charge in [-0.2, -0.15) is 0 Å². The second kappa shape index (κ2) is 4.39. The molecule has 6 atom stereocenters. The summed E-state index contributed by atoms with van der Waals surface area (Å²) in [4.78, 5) is 12.9. The van der Waals surface area contributed by atoms with Crippen LogP contribution >= 0.6 is 0 Å². The molecule has 2 saturated heterocycles. The molecule has 7 N–H and O–H groups in total. The molecule has 0 unspecified atom stereocenters. The molecule has 0 saturated carbocycles. The maximum atomic E-state index is 11.7. The molecule has 0 radical (unpaired) electrons. The first-order chi connectivity index (χ1) is 8.02. The van der Waals surface area contributed by atoms with E-state index < -0.39 is 49.1 Å². The van der Waals surface area contributed by atoms with E-state index in [9.17, 15) is 25.2 Å². The van der Waals surface area contributed by atoms with E-state index in [4.69, 9.17) is 5.73 Å². The molecule has 0 bridgehead atoms. The van der Waals surface area contributed by atoms with Gasteiger partial charge in [-0.15, -0.1) is 0 Å². The number of urea groups is 1. The van der Waals surface area contributed by atoms with E-state index in [-0.39, 0.29) is 6.54 Å². The number of hydrogen-bond acceptors (Lipinski definition) is 6. The Labute approximate surface area is 97.6 Å². The van der Waals surface area contributed by atoms with Crippen LogP contribution in [0.5, 0.6) is 0 Å². The van der Waals surface area contributed by atoms with Gasteiger partial charge in [0.05, 0.1) is 24.7 Å². The van der Waals surface area contributed by atoms with E-state index in [0.29, 0.717) is 0 Å². The second-order valence-electron chi connectivity index (χ2n) is 4.41. The average Bonchev–Trinajstić information content (AvgIpc) is 2.65. The Hall–Kier alpha value is -0.930. The molecule has 2 aliphatic heterocycles. The highest BCUT2D eigenvalue weighted by Gasteiger charge is 2.55. The Bertz CT molecular complexity index is 315. The van der Waals surface area contributed by atoms with E-state index >= 15 is 0 Å². The molecule has 2 amide bonds. The van der Waals surface area contributed by atoms with Crippen LogP contribution in [0.2, 0.25) is 0 Å². The van der Waals surface area contributed by atoms with Gasteiger partial charge in [-0.1, -0.05) is 0 Å². The summed E-state index contributed by atoms with van der Waals surface area (Å²) in [6, 6.07) is -2.68. The van der Waals surface area contributed by atoms with E-state index in [1.165, 1.54) is 4.90 Å². The number of nitrogens with two attached hydrogens (primary N) is 1. The summed E-state index contributed by atoms with van der Waals surface area (Å²) >= 11 is 0. The Morgan fingerprint density at radius 3 is 2.41 bits per heavy atom. The number of carbonyl (C=O) groups excluding carboxylic acids is 1. The quantitative estimate of drug-likeness (QED) is 0.295. The molecule has 0 aromatic carbocycles. The van der Waals surface area contributed by atoms with Crippen LogP contribution in [0, 0.1) is 0 Å². The molecule has 2 fully saturated rings. The van der Waals surface area contributed by atoms with Gasteiger partial charge in [0.25, 0.3) is 0 Å². The van der Waals surface area contributed by atoms with Crippen molar-refractivity contribution in [3.8, 4) is 0 Å². The first kappa shape index (κ1) is 12.5. The van der Waals surface area contributed by atoms with Gasteiger partial charge in [0.15, 0.2) is 0 Å². The van der Waals surface area contributed by atoms with Gasteiger partial charge in [-0.3, -0.25) is 0 Å². The molecular weight excluding hydrogens is 230 g/mol. The third-order valence-corrected chi connectivity index (χ3v) is 3.52. The van der Waals surface area contributed by atoms with Crippen LogP contribution in [0.25, 0.3) is 0 Å². The molecule has 0 aromatic heterocycles. The average molecular weight is 247 g/mol. The van der Waals surface area contributed by atoms with Crippen molar-refractivity contribution < 1.29 is 25.2 Å². The summed E-state index contributed by atoms with van der Waals surface area (Å²) in [5.41, 5.74) is 5.47. The molecule has 98 valence electrons. The zero-order valence-electron chi connectivity index (χ0n) is 9.10. The number of nitrogens with one attached hydrogen (secondary N) is 1. The molecule has 17 heavy (non-hydrogen) atoms. The topological polar surface area (TPSA) is 139 Å².